The first-order valence-electron chi connectivity index (χ1n) is 24.2. The van der Waals surface area contributed by atoms with E-state index in [1.54, 1.807) is 0 Å². The van der Waals surface area contributed by atoms with Crippen LogP contribution in [0.25, 0.3) is 0 Å². The summed E-state index contributed by atoms with van der Waals surface area (Å²) in [5.41, 5.74) is 0. The molecule has 1 aliphatic heterocycles. The number of carbonyl (C=O) groups excluding carboxylic acids is 2. The van der Waals surface area contributed by atoms with Gasteiger partial charge in [-0.1, -0.05) is 163 Å². The molecule has 0 radical (unpaired) electrons. The zero-order valence-corrected chi connectivity index (χ0v) is 36.8. The second kappa shape index (κ2) is 38.7. The minimum atomic E-state index is -0.0145. The van der Waals surface area contributed by atoms with Crippen LogP contribution in [0.5, 0.6) is 0 Å². The zero-order valence-electron chi connectivity index (χ0n) is 36.8. The predicted octanol–water partition coefficient (Wildman–Crippen LogP) is 14.1. The van der Waals surface area contributed by atoms with Gasteiger partial charge >= 0.3 is 11.9 Å². The SMILES string of the molecule is CCCCCCCCCC(CCCCCC)OC(=O)CCCCCN(CCCCCC(=O)OCCCC(CCCCCC)CCCCCC)CCC1CO1. The molecular weight excluding hydrogens is 671 g/mol. The van der Waals surface area contributed by atoms with E-state index >= 15 is 0 Å². The van der Waals surface area contributed by atoms with Crippen molar-refractivity contribution in [3.8, 4) is 0 Å². The van der Waals surface area contributed by atoms with Gasteiger partial charge < -0.3 is 19.1 Å². The Morgan fingerprint density at radius 3 is 1.46 bits per heavy atom. The van der Waals surface area contributed by atoms with Crippen LogP contribution in [0.15, 0.2) is 0 Å². The molecule has 0 aromatic heterocycles. The molecule has 1 saturated heterocycles. The number of rotatable bonds is 43. The average molecular weight is 764 g/mol. The normalized spacial score (nSPS) is 14.6. The lowest BCUT2D eigenvalue weighted by Crippen LogP contribution is -2.28. The first-order chi connectivity index (χ1) is 26.5. The summed E-state index contributed by atoms with van der Waals surface area (Å²) in [6, 6.07) is 0. The average Bonchev–Trinajstić information content (AvgIpc) is 4.00. The van der Waals surface area contributed by atoms with E-state index in [-0.39, 0.29) is 18.0 Å². The number of esters is 2. The molecule has 2 unspecified atom stereocenters. The Hall–Kier alpha value is -1.14. The Morgan fingerprint density at radius 1 is 0.519 bits per heavy atom. The van der Waals surface area contributed by atoms with Gasteiger partial charge in [-0.15, -0.1) is 0 Å². The number of nitrogens with zero attached hydrogens (tertiary/aromatic N) is 1. The first kappa shape index (κ1) is 50.9. The summed E-state index contributed by atoms with van der Waals surface area (Å²) >= 11 is 0. The van der Waals surface area contributed by atoms with Gasteiger partial charge in [-0.2, -0.15) is 0 Å². The Labute approximate surface area is 336 Å². The number of hydrogen-bond acceptors (Lipinski definition) is 6. The number of unbranched alkanes of at least 4 members (excludes halogenated alkanes) is 19. The molecule has 1 rings (SSSR count). The third kappa shape index (κ3) is 34.1. The van der Waals surface area contributed by atoms with E-state index < -0.39 is 0 Å². The quantitative estimate of drug-likeness (QED) is 0.0350. The van der Waals surface area contributed by atoms with Crippen molar-refractivity contribution in [2.24, 2.45) is 5.92 Å². The summed E-state index contributed by atoms with van der Waals surface area (Å²) in [6.45, 7) is 13.8. The molecule has 54 heavy (non-hydrogen) atoms. The van der Waals surface area contributed by atoms with Crippen LogP contribution < -0.4 is 0 Å². The molecule has 6 heteroatoms. The molecule has 0 N–H and O–H groups in total. The molecule has 0 saturated carbocycles. The van der Waals surface area contributed by atoms with Crippen LogP contribution in [0.2, 0.25) is 0 Å². The van der Waals surface area contributed by atoms with E-state index in [1.807, 2.05) is 0 Å². The highest BCUT2D eigenvalue weighted by Gasteiger charge is 2.23. The van der Waals surface area contributed by atoms with Gasteiger partial charge in [-0.3, -0.25) is 9.59 Å². The van der Waals surface area contributed by atoms with Crippen LogP contribution in [0.3, 0.4) is 0 Å². The van der Waals surface area contributed by atoms with E-state index in [2.05, 4.69) is 32.6 Å². The zero-order chi connectivity index (χ0) is 39.2. The molecule has 0 bridgehead atoms. The van der Waals surface area contributed by atoms with Gasteiger partial charge in [-0.05, 0) is 89.6 Å². The summed E-state index contributed by atoms with van der Waals surface area (Å²) in [5, 5.41) is 0. The summed E-state index contributed by atoms with van der Waals surface area (Å²) < 4.78 is 17.2. The fourth-order valence-corrected chi connectivity index (χ4v) is 7.88. The highest BCUT2D eigenvalue weighted by atomic mass is 16.6. The molecular formula is C48H93NO5. The highest BCUT2D eigenvalue weighted by molar-refractivity contribution is 5.69. The number of hydrogen-bond donors (Lipinski definition) is 0. The maximum Gasteiger partial charge on any atom is 0.306 e. The van der Waals surface area contributed by atoms with E-state index in [4.69, 9.17) is 14.2 Å². The number of epoxide rings is 1. The van der Waals surface area contributed by atoms with Crippen molar-refractivity contribution in [2.75, 3.05) is 32.8 Å². The van der Waals surface area contributed by atoms with Gasteiger partial charge in [0, 0.05) is 19.4 Å². The summed E-state index contributed by atoms with van der Waals surface area (Å²) in [4.78, 5) is 27.8. The second-order valence-corrected chi connectivity index (χ2v) is 17.0. The predicted molar refractivity (Wildman–Crippen MR) is 230 cm³/mol. The minimum Gasteiger partial charge on any atom is -0.466 e. The van der Waals surface area contributed by atoms with Gasteiger partial charge in [0.15, 0.2) is 0 Å². The third-order valence-corrected chi connectivity index (χ3v) is 11.6. The standard InChI is InChI=1S/C48H93NO5/c1-5-9-13-17-18-19-25-35-45(34-24-16-12-8-4)54-48(51)37-27-21-29-40-49(41-38-46-43-53-46)39-28-20-26-36-47(50)52-42-30-33-44(31-22-14-10-6-2)32-23-15-11-7-3/h44-46H,5-43H2,1-4H3. The molecule has 0 spiro atoms. The molecule has 0 aromatic carbocycles. The second-order valence-electron chi connectivity index (χ2n) is 17.0. The molecule has 2 atom stereocenters. The summed E-state index contributed by atoms with van der Waals surface area (Å²) in [5.74, 6) is 0.800. The minimum absolute atomic E-state index is 0.0134. The fraction of sp³-hybridized carbons (Fsp3) is 0.958. The molecule has 0 aliphatic carbocycles. The van der Waals surface area contributed by atoms with Gasteiger partial charge in [0.05, 0.1) is 19.3 Å². The van der Waals surface area contributed by atoms with Crippen molar-refractivity contribution >= 4 is 11.9 Å². The Bertz CT molecular complexity index is 805. The smallest absolute Gasteiger partial charge is 0.306 e. The third-order valence-electron chi connectivity index (χ3n) is 11.6. The van der Waals surface area contributed by atoms with Crippen molar-refractivity contribution in [2.45, 2.75) is 258 Å². The van der Waals surface area contributed by atoms with Gasteiger partial charge in [0.2, 0.25) is 0 Å². The largest absolute Gasteiger partial charge is 0.466 e. The molecule has 1 fully saturated rings. The van der Waals surface area contributed by atoms with Crippen LogP contribution in [-0.4, -0.2) is 61.9 Å². The van der Waals surface area contributed by atoms with E-state index in [9.17, 15) is 9.59 Å². The van der Waals surface area contributed by atoms with E-state index in [0.29, 0.717) is 25.6 Å². The Kier molecular flexibility index (Phi) is 36.5. The number of ether oxygens (including phenoxy) is 3. The van der Waals surface area contributed by atoms with Crippen molar-refractivity contribution in [3.05, 3.63) is 0 Å². The summed E-state index contributed by atoms with van der Waals surface area (Å²) in [7, 11) is 0. The summed E-state index contributed by atoms with van der Waals surface area (Å²) in [6.07, 6.45) is 40.7. The van der Waals surface area contributed by atoms with Gasteiger partial charge in [0.1, 0.15) is 6.10 Å². The lowest BCUT2D eigenvalue weighted by Gasteiger charge is -2.22. The molecule has 320 valence electrons. The van der Waals surface area contributed by atoms with Crippen molar-refractivity contribution in [1.82, 2.24) is 4.90 Å². The molecule has 1 heterocycles. The van der Waals surface area contributed by atoms with Crippen LogP contribution in [0.1, 0.15) is 246 Å². The first-order valence-corrected chi connectivity index (χ1v) is 24.2. The van der Waals surface area contributed by atoms with Crippen molar-refractivity contribution in [3.63, 3.8) is 0 Å². The maximum atomic E-state index is 12.8. The monoisotopic (exact) mass is 764 g/mol. The van der Waals surface area contributed by atoms with Gasteiger partial charge in [-0.25, -0.2) is 0 Å². The van der Waals surface area contributed by atoms with Gasteiger partial charge in [0.25, 0.3) is 0 Å². The highest BCUT2D eigenvalue weighted by Crippen LogP contribution is 2.23. The van der Waals surface area contributed by atoms with Crippen LogP contribution >= 0.6 is 0 Å². The van der Waals surface area contributed by atoms with E-state index in [1.165, 1.54) is 141 Å². The Morgan fingerprint density at radius 2 is 0.944 bits per heavy atom. The van der Waals surface area contributed by atoms with Crippen LogP contribution in [0.4, 0.5) is 0 Å². The Balaban J connectivity index is 2.25. The van der Waals surface area contributed by atoms with E-state index in [0.717, 1.165) is 96.4 Å². The van der Waals surface area contributed by atoms with Crippen LogP contribution in [0, 0.1) is 5.92 Å². The van der Waals surface area contributed by atoms with Crippen LogP contribution in [-0.2, 0) is 23.8 Å². The molecule has 0 amide bonds. The molecule has 1 aliphatic rings. The topological polar surface area (TPSA) is 68.4 Å². The number of carbonyl (C=O) groups is 2. The lowest BCUT2D eigenvalue weighted by molar-refractivity contribution is -0.150. The molecule has 0 aromatic rings. The lowest BCUT2D eigenvalue weighted by atomic mass is 9.91. The fourth-order valence-electron chi connectivity index (χ4n) is 7.88. The maximum absolute atomic E-state index is 12.8. The van der Waals surface area contributed by atoms with Crippen molar-refractivity contribution < 1.29 is 23.8 Å². The molecule has 6 nitrogen and oxygen atoms in total. The van der Waals surface area contributed by atoms with Crippen molar-refractivity contribution in [1.29, 1.82) is 0 Å².